The predicted molar refractivity (Wildman–Crippen MR) is 49.7 cm³/mol. The lowest BCUT2D eigenvalue weighted by molar-refractivity contribution is -0.136. The van der Waals surface area contributed by atoms with Gasteiger partial charge in [0.15, 0.2) is 0 Å². The highest BCUT2D eigenvalue weighted by molar-refractivity contribution is 5.73. The first-order valence-corrected chi connectivity index (χ1v) is 4.14. The second-order valence-electron chi connectivity index (χ2n) is 2.93. The Bertz CT molecular complexity index is 469. The molecule has 3 N–H and O–H groups in total. The molecule has 0 aliphatic carbocycles. The van der Waals surface area contributed by atoms with E-state index in [1.165, 1.54) is 6.07 Å². The fraction of sp³-hybridized carbons (Fsp3) is 0.222. The summed E-state index contributed by atoms with van der Waals surface area (Å²) in [7, 11) is 0. The molecular formula is C9H7F2N3O2. The minimum atomic E-state index is -2.94. The van der Waals surface area contributed by atoms with E-state index >= 15 is 0 Å². The molecule has 16 heavy (non-hydrogen) atoms. The SMILES string of the molecule is N#Cc1cnc(CC(=O)O)c(N)c1C(F)F. The molecule has 0 amide bonds. The fourth-order valence-corrected chi connectivity index (χ4v) is 1.19. The topological polar surface area (TPSA) is 100 Å². The highest BCUT2D eigenvalue weighted by atomic mass is 19.3. The number of halogens is 2. The minimum Gasteiger partial charge on any atom is -0.481 e. The van der Waals surface area contributed by atoms with E-state index in [-0.39, 0.29) is 11.3 Å². The number of hydrogen-bond donors (Lipinski definition) is 2. The number of nitriles is 1. The molecule has 0 saturated carbocycles. The Morgan fingerprint density at radius 1 is 1.69 bits per heavy atom. The Hall–Kier alpha value is -2.23. The zero-order chi connectivity index (χ0) is 12.3. The van der Waals surface area contributed by atoms with Gasteiger partial charge in [0, 0.05) is 6.20 Å². The van der Waals surface area contributed by atoms with Crippen molar-refractivity contribution in [1.82, 2.24) is 4.98 Å². The van der Waals surface area contributed by atoms with Crippen LogP contribution in [0.25, 0.3) is 0 Å². The Morgan fingerprint density at radius 2 is 2.31 bits per heavy atom. The molecule has 1 aromatic rings. The molecule has 5 nitrogen and oxygen atoms in total. The summed E-state index contributed by atoms with van der Waals surface area (Å²) in [5.74, 6) is -1.23. The lowest BCUT2D eigenvalue weighted by Gasteiger charge is -2.09. The second-order valence-corrected chi connectivity index (χ2v) is 2.93. The number of anilines is 1. The number of pyridine rings is 1. The minimum absolute atomic E-state index is 0.165. The Kier molecular flexibility index (Phi) is 3.35. The van der Waals surface area contributed by atoms with E-state index in [1.54, 1.807) is 0 Å². The van der Waals surface area contributed by atoms with Crippen LogP contribution in [-0.2, 0) is 11.2 Å². The van der Waals surface area contributed by atoms with Crippen LogP contribution in [0.2, 0.25) is 0 Å². The molecule has 0 aromatic carbocycles. The number of hydrogen-bond acceptors (Lipinski definition) is 4. The maximum atomic E-state index is 12.6. The van der Waals surface area contributed by atoms with Crippen LogP contribution in [0.4, 0.5) is 14.5 Å². The molecule has 0 radical (unpaired) electrons. The van der Waals surface area contributed by atoms with Crippen LogP contribution in [0, 0.1) is 11.3 Å². The zero-order valence-corrected chi connectivity index (χ0v) is 7.94. The van der Waals surface area contributed by atoms with E-state index in [4.69, 9.17) is 16.1 Å². The molecule has 7 heteroatoms. The number of aliphatic carboxylic acids is 1. The maximum Gasteiger partial charge on any atom is 0.309 e. The number of carboxylic acid groups (broad SMARTS) is 1. The predicted octanol–water partition coefficient (Wildman–Crippen LogP) is 1.10. The second kappa shape index (κ2) is 4.53. The quantitative estimate of drug-likeness (QED) is 0.805. The van der Waals surface area contributed by atoms with E-state index in [1.807, 2.05) is 0 Å². The molecule has 0 fully saturated rings. The van der Waals surface area contributed by atoms with Crippen LogP contribution < -0.4 is 5.73 Å². The van der Waals surface area contributed by atoms with Crippen LogP contribution in [0.15, 0.2) is 6.20 Å². The number of carboxylic acids is 1. The molecule has 0 aliphatic heterocycles. The van der Waals surface area contributed by atoms with E-state index in [0.717, 1.165) is 6.20 Å². The number of nitrogens with two attached hydrogens (primary N) is 1. The van der Waals surface area contributed by atoms with Gasteiger partial charge in [0.25, 0.3) is 6.43 Å². The highest BCUT2D eigenvalue weighted by Gasteiger charge is 2.21. The summed E-state index contributed by atoms with van der Waals surface area (Å²) in [6.07, 6.45) is -2.60. The number of rotatable bonds is 3. The van der Waals surface area contributed by atoms with Crippen LogP contribution >= 0.6 is 0 Å². The molecule has 84 valence electrons. The van der Waals surface area contributed by atoms with Crippen molar-refractivity contribution >= 4 is 11.7 Å². The van der Waals surface area contributed by atoms with Gasteiger partial charge in [-0.1, -0.05) is 0 Å². The summed E-state index contributed by atoms with van der Waals surface area (Å²) >= 11 is 0. The van der Waals surface area contributed by atoms with Crippen LogP contribution in [0.3, 0.4) is 0 Å². The van der Waals surface area contributed by atoms with Crippen molar-refractivity contribution in [3.8, 4) is 6.07 Å². The van der Waals surface area contributed by atoms with Gasteiger partial charge in [0.2, 0.25) is 0 Å². The summed E-state index contributed by atoms with van der Waals surface area (Å²) in [5, 5.41) is 17.1. The molecule has 0 spiro atoms. The van der Waals surface area contributed by atoms with E-state index in [2.05, 4.69) is 4.98 Å². The van der Waals surface area contributed by atoms with Gasteiger partial charge in [-0.2, -0.15) is 5.26 Å². The molecule has 1 aromatic heterocycles. The summed E-state index contributed by atoms with van der Waals surface area (Å²) in [6.45, 7) is 0. The van der Waals surface area contributed by atoms with Crippen molar-refractivity contribution in [3.05, 3.63) is 23.0 Å². The van der Waals surface area contributed by atoms with Crippen molar-refractivity contribution in [2.24, 2.45) is 0 Å². The lowest BCUT2D eigenvalue weighted by atomic mass is 10.1. The average Bonchev–Trinajstić information content (AvgIpc) is 2.19. The Morgan fingerprint density at radius 3 is 2.75 bits per heavy atom. The lowest BCUT2D eigenvalue weighted by Crippen LogP contribution is -2.10. The van der Waals surface area contributed by atoms with Gasteiger partial charge in [-0.15, -0.1) is 0 Å². The van der Waals surface area contributed by atoms with E-state index in [9.17, 15) is 13.6 Å². The Balaban J connectivity index is 3.33. The largest absolute Gasteiger partial charge is 0.481 e. The zero-order valence-electron chi connectivity index (χ0n) is 7.94. The maximum absolute atomic E-state index is 12.6. The fourth-order valence-electron chi connectivity index (χ4n) is 1.19. The standard InChI is InChI=1S/C9H7F2N3O2/c10-9(11)7-4(2-12)3-14-5(8(7)13)1-6(15)16/h3,9H,1,13H2,(H,15,16). The number of alkyl halides is 2. The van der Waals surface area contributed by atoms with Crippen molar-refractivity contribution in [1.29, 1.82) is 5.26 Å². The van der Waals surface area contributed by atoms with Gasteiger partial charge in [0.1, 0.15) is 6.07 Å². The third-order valence-corrected chi connectivity index (χ3v) is 1.90. The summed E-state index contributed by atoms with van der Waals surface area (Å²) < 4.78 is 25.2. The first-order valence-electron chi connectivity index (χ1n) is 4.14. The molecule has 0 bridgehead atoms. The first kappa shape index (κ1) is 11.8. The van der Waals surface area contributed by atoms with Crippen molar-refractivity contribution in [2.75, 3.05) is 5.73 Å². The van der Waals surface area contributed by atoms with Gasteiger partial charge in [0.05, 0.1) is 28.9 Å². The van der Waals surface area contributed by atoms with Gasteiger partial charge in [-0.3, -0.25) is 9.78 Å². The van der Waals surface area contributed by atoms with Crippen molar-refractivity contribution < 1.29 is 18.7 Å². The number of aromatic nitrogens is 1. The number of carbonyl (C=O) groups is 1. The van der Waals surface area contributed by atoms with Crippen molar-refractivity contribution in [2.45, 2.75) is 12.8 Å². The monoisotopic (exact) mass is 227 g/mol. The van der Waals surface area contributed by atoms with E-state index < -0.39 is 30.1 Å². The summed E-state index contributed by atoms with van der Waals surface area (Å²) in [4.78, 5) is 14.0. The van der Waals surface area contributed by atoms with Gasteiger partial charge >= 0.3 is 5.97 Å². The van der Waals surface area contributed by atoms with E-state index in [0.29, 0.717) is 0 Å². The third-order valence-electron chi connectivity index (χ3n) is 1.90. The Labute approximate surface area is 89.1 Å². The first-order chi connectivity index (χ1) is 7.47. The van der Waals surface area contributed by atoms with Crippen molar-refractivity contribution in [3.63, 3.8) is 0 Å². The molecule has 0 atom stereocenters. The number of nitrogens with zero attached hydrogens (tertiary/aromatic N) is 2. The summed E-state index contributed by atoms with van der Waals surface area (Å²) in [5.41, 5.74) is 3.75. The van der Waals surface area contributed by atoms with Gasteiger partial charge in [-0.25, -0.2) is 8.78 Å². The molecule has 0 aliphatic rings. The third kappa shape index (κ3) is 2.23. The van der Waals surface area contributed by atoms with Gasteiger partial charge < -0.3 is 10.8 Å². The van der Waals surface area contributed by atoms with Crippen LogP contribution in [0.1, 0.15) is 23.2 Å². The normalized spacial score (nSPS) is 10.1. The molecule has 0 unspecified atom stereocenters. The average molecular weight is 227 g/mol. The molecule has 1 rings (SSSR count). The highest BCUT2D eigenvalue weighted by Crippen LogP contribution is 2.29. The number of nitrogen functional groups attached to an aromatic ring is 1. The molecule has 1 heterocycles. The van der Waals surface area contributed by atoms with Crippen LogP contribution in [0.5, 0.6) is 0 Å². The van der Waals surface area contributed by atoms with Crippen LogP contribution in [-0.4, -0.2) is 16.1 Å². The summed E-state index contributed by atoms with van der Waals surface area (Å²) in [6, 6.07) is 1.53. The smallest absolute Gasteiger partial charge is 0.309 e. The van der Waals surface area contributed by atoms with Gasteiger partial charge in [-0.05, 0) is 0 Å². The molecular weight excluding hydrogens is 220 g/mol. The molecule has 0 saturated heterocycles.